The van der Waals surface area contributed by atoms with E-state index >= 15 is 0 Å². The first-order chi connectivity index (χ1) is 10.1. The molecule has 1 N–H and O–H groups in total. The van der Waals surface area contributed by atoms with Gasteiger partial charge in [-0.05, 0) is 42.4 Å². The van der Waals surface area contributed by atoms with Crippen molar-refractivity contribution in [2.75, 3.05) is 18.1 Å². The molecule has 1 unspecified atom stereocenters. The minimum atomic E-state index is -1.78. The van der Waals surface area contributed by atoms with E-state index in [4.69, 9.17) is 4.43 Å². The van der Waals surface area contributed by atoms with Crippen molar-refractivity contribution in [3.05, 3.63) is 28.7 Å². The highest BCUT2D eigenvalue weighted by Gasteiger charge is 2.39. The fourth-order valence-corrected chi connectivity index (χ4v) is 3.38. The zero-order valence-corrected chi connectivity index (χ0v) is 16.5. The van der Waals surface area contributed by atoms with Crippen molar-refractivity contribution in [1.82, 2.24) is 5.32 Å². The van der Waals surface area contributed by atoms with Crippen LogP contribution in [0.3, 0.4) is 0 Å². The second-order valence-electron chi connectivity index (χ2n) is 7.30. The van der Waals surface area contributed by atoms with Gasteiger partial charge >= 0.3 is 6.03 Å². The number of hydrogen-bond acceptors (Lipinski definition) is 2. The SMILES string of the molecule is CC(C)(C)[Si](C)(C)OCC1CN(c2ccc(Br)cc2)C(=O)N1. The predicted octanol–water partition coefficient (Wildman–Crippen LogP) is 4.37. The van der Waals surface area contributed by atoms with Crippen molar-refractivity contribution in [2.24, 2.45) is 0 Å². The van der Waals surface area contributed by atoms with E-state index in [2.05, 4.69) is 55.1 Å². The summed E-state index contributed by atoms with van der Waals surface area (Å²) in [6.45, 7) is 12.4. The van der Waals surface area contributed by atoms with Crippen LogP contribution in [0.2, 0.25) is 18.1 Å². The second kappa shape index (κ2) is 6.33. The lowest BCUT2D eigenvalue weighted by Crippen LogP contribution is -2.44. The van der Waals surface area contributed by atoms with Gasteiger partial charge in [-0.3, -0.25) is 4.90 Å². The van der Waals surface area contributed by atoms with Gasteiger partial charge in [-0.15, -0.1) is 0 Å². The number of benzene rings is 1. The smallest absolute Gasteiger partial charge is 0.322 e. The van der Waals surface area contributed by atoms with E-state index in [1.165, 1.54) is 0 Å². The summed E-state index contributed by atoms with van der Waals surface area (Å²) >= 11 is 3.41. The number of carbonyl (C=O) groups is 1. The van der Waals surface area contributed by atoms with Gasteiger partial charge in [0.05, 0.1) is 19.2 Å². The Hall–Kier alpha value is -0.853. The molecule has 1 heterocycles. The quantitative estimate of drug-likeness (QED) is 0.782. The molecule has 0 saturated carbocycles. The van der Waals surface area contributed by atoms with Crippen LogP contribution in [-0.4, -0.2) is 33.5 Å². The first-order valence-corrected chi connectivity index (χ1v) is 11.3. The van der Waals surface area contributed by atoms with E-state index in [1.54, 1.807) is 4.90 Å². The summed E-state index contributed by atoms with van der Waals surface area (Å²) in [7, 11) is -1.78. The van der Waals surface area contributed by atoms with E-state index in [0.717, 1.165) is 10.2 Å². The standard InChI is InChI=1S/C16H25BrN2O2Si/c1-16(2,3)22(4,5)21-11-13-10-19(15(20)18-13)14-8-6-12(17)7-9-14/h6-9,13H,10-11H2,1-5H3,(H,18,20). The van der Waals surface area contributed by atoms with Crippen molar-refractivity contribution in [3.63, 3.8) is 0 Å². The van der Waals surface area contributed by atoms with E-state index in [9.17, 15) is 4.79 Å². The maximum atomic E-state index is 12.2. The number of carbonyl (C=O) groups excluding carboxylic acids is 1. The van der Waals surface area contributed by atoms with Crippen LogP contribution < -0.4 is 10.2 Å². The average molecular weight is 385 g/mol. The second-order valence-corrected chi connectivity index (χ2v) is 13.0. The minimum absolute atomic E-state index is 0.0465. The molecule has 1 aliphatic rings. The van der Waals surface area contributed by atoms with E-state index < -0.39 is 8.32 Å². The average Bonchev–Trinajstić information content (AvgIpc) is 2.77. The molecule has 122 valence electrons. The number of nitrogens with one attached hydrogen (secondary N) is 1. The molecule has 2 amide bonds. The molecule has 0 aromatic heterocycles. The Kier molecular flexibility index (Phi) is 5.04. The van der Waals surface area contributed by atoms with Crippen LogP contribution in [0.25, 0.3) is 0 Å². The van der Waals surface area contributed by atoms with E-state index in [0.29, 0.717) is 13.2 Å². The molecule has 22 heavy (non-hydrogen) atoms. The Morgan fingerprint density at radius 1 is 1.32 bits per heavy atom. The zero-order chi connectivity index (χ0) is 16.5. The van der Waals surface area contributed by atoms with Gasteiger partial charge in [-0.2, -0.15) is 0 Å². The highest BCUT2D eigenvalue weighted by atomic mass is 79.9. The van der Waals surface area contributed by atoms with Gasteiger partial charge in [-0.1, -0.05) is 36.7 Å². The maximum Gasteiger partial charge on any atom is 0.322 e. The Morgan fingerprint density at radius 3 is 2.45 bits per heavy atom. The number of nitrogens with zero attached hydrogens (tertiary/aromatic N) is 1. The molecule has 4 nitrogen and oxygen atoms in total. The highest BCUT2D eigenvalue weighted by Crippen LogP contribution is 2.36. The summed E-state index contributed by atoms with van der Waals surface area (Å²) in [6.07, 6.45) is 0. The molecule has 0 radical (unpaired) electrons. The van der Waals surface area contributed by atoms with Crippen molar-refractivity contribution in [3.8, 4) is 0 Å². The molecule has 1 aromatic rings. The van der Waals surface area contributed by atoms with Gasteiger partial charge in [0.1, 0.15) is 0 Å². The molecule has 1 saturated heterocycles. The number of hydrogen-bond donors (Lipinski definition) is 1. The molecule has 0 aliphatic carbocycles. The molecule has 6 heteroatoms. The third-order valence-corrected chi connectivity index (χ3v) is 9.59. The van der Waals surface area contributed by atoms with Gasteiger partial charge in [0.2, 0.25) is 0 Å². The van der Waals surface area contributed by atoms with Crippen molar-refractivity contribution < 1.29 is 9.22 Å². The summed E-state index contributed by atoms with van der Waals surface area (Å²) in [4.78, 5) is 13.9. The van der Waals surface area contributed by atoms with Gasteiger partial charge in [0.15, 0.2) is 8.32 Å². The molecule has 1 fully saturated rings. The minimum Gasteiger partial charge on any atom is -0.415 e. The molecular weight excluding hydrogens is 360 g/mol. The molecule has 0 spiro atoms. The largest absolute Gasteiger partial charge is 0.415 e. The van der Waals surface area contributed by atoms with Crippen molar-refractivity contribution >= 4 is 36.0 Å². The fourth-order valence-electron chi connectivity index (χ4n) is 2.06. The van der Waals surface area contributed by atoms with Gasteiger partial charge in [0, 0.05) is 10.2 Å². The first kappa shape index (κ1) is 17.5. The molecule has 1 aromatic carbocycles. The van der Waals surface area contributed by atoms with Crippen molar-refractivity contribution in [1.29, 1.82) is 0 Å². The lowest BCUT2D eigenvalue weighted by molar-refractivity contribution is 0.239. The first-order valence-electron chi connectivity index (χ1n) is 7.58. The summed E-state index contributed by atoms with van der Waals surface area (Å²) in [5, 5.41) is 3.20. The Bertz CT molecular complexity index is 540. The lowest BCUT2D eigenvalue weighted by atomic mass is 10.2. The van der Waals surface area contributed by atoms with Crippen LogP contribution in [0.5, 0.6) is 0 Å². The van der Waals surface area contributed by atoms with Crippen LogP contribution in [0.15, 0.2) is 28.7 Å². The van der Waals surface area contributed by atoms with E-state index in [1.807, 2.05) is 24.3 Å². The highest BCUT2D eigenvalue weighted by molar-refractivity contribution is 9.10. The summed E-state index contributed by atoms with van der Waals surface area (Å²) in [5.74, 6) is 0. The molecule has 1 atom stereocenters. The molecule has 2 rings (SSSR count). The Labute approximate surface area is 142 Å². The number of amides is 2. The van der Waals surface area contributed by atoms with Crippen LogP contribution >= 0.6 is 15.9 Å². The molecular formula is C16H25BrN2O2Si. The normalized spacial score (nSPS) is 19.5. The lowest BCUT2D eigenvalue weighted by Gasteiger charge is -2.36. The number of urea groups is 1. The van der Waals surface area contributed by atoms with Gasteiger partial charge in [0.25, 0.3) is 0 Å². The zero-order valence-electron chi connectivity index (χ0n) is 13.9. The van der Waals surface area contributed by atoms with E-state index in [-0.39, 0.29) is 17.1 Å². The number of anilines is 1. The van der Waals surface area contributed by atoms with Crippen LogP contribution in [0.1, 0.15) is 20.8 Å². The Morgan fingerprint density at radius 2 is 1.91 bits per heavy atom. The Balaban J connectivity index is 1.97. The maximum absolute atomic E-state index is 12.2. The van der Waals surface area contributed by atoms with Gasteiger partial charge in [-0.25, -0.2) is 4.79 Å². The van der Waals surface area contributed by atoms with Crippen molar-refractivity contribution in [2.45, 2.75) is 44.9 Å². The summed E-state index contributed by atoms with van der Waals surface area (Å²) in [6, 6.07) is 7.78. The van der Waals surface area contributed by atoms with Crippen LogP contribution in [0.4, 0.5) is 10.5 Å². The summed E-state index contributed by atoms with van der Waals surface area (Å²) < 4.78 is 7.23. The molecule has 0 bridgehead atoms. The third kappa shape index (κ3) is 3.91. The van der Waals surface area contributed by atoms with Crippen LogP contribution in [0, 0.1) is 0 Å². The summed E-state index contributed by atoms with van der Waals surface area (Å²) in [5.41, 5.74) is 0.913. The van der Waals surface area contributed by atoms with Crippen LogP contribution in [-0.2, 0) is 4.43 Å². The monoisotopic (exact) mass is 384 g/mol. The number of rotatable bonds is 4. The molecule has 1 aliphatic heterocycles. The topological polar surface area (TPSA) is 41.6 Å². The van der Waals surface area contributed by atoms with Gasteiger partial charge < -0.3 is 9.74 Å². The third-order valence-electron chi connectivity index (χ3n) is 4.57. The predicted molar refractivity (Wildman–Crippen MR) is 97.0 cm³/mol. The fraction of sp³-hybridized carbons (Fsp3) is 0.562. The number of halogens is 1.